The van der Waals surface area contributed by atoms with Crippen LogP contribution < -0.4 is 26.0 Å². The molecule has 0 bridgehead atoms. The molecular formula is C31H43N7O4. The standard InChI is InChI=1S/C31H43N7O4/c1-40-27-14-8-11-25(21-27)23-35-31-37-29(36-30(38-31)34-22-24-9-4-2-5-10-24)33-16-18-42-20-19-41-17-15-32-28(39)26-12-6-3-7-13-26/h3,6-8,11-14,21,24H,2,4-5,9-10,15-20,22-23H2,1H3,(H,32,39)(H3,33,34,35,36,37,38). The summed E-state index contributed by atoms with van der Waals surface area (Å²) in [5.41, 5.74) is 1.70. The van der Waals surface area contributed by atoms with Gasteiger partial charge in [0.1, 0.15) is 5.75 Å². The van der Waals surface area contributed by atoms with Gasteiger partial charge in [0, 0.05) is 31.7 Å². The van der Waals surface area contributed by atoms with E-state index in [-0.39, 0.29) is 5.91 Å². The third-order valence-electron chi connectivity index (χ3n) is 6.96. The van der Waals surface area contributed by atoms with Crippen molar-refractivity contribution in [2.75, 3.05) is 69.1 Å². The van der Waals surface area contributed by atoms with Crippen LogP contribution in [0.3, 0.4) is 0 Å². The molecule has 0 atom stereocenters. The first-order valence-electron chi connectivity index (χ1n) is 14.8. The van der Waals surface area contributed by atoms with Gasteiger partial charge in [-0.2, -0.15) is 15.0 Å². The van der Waals surface area contributed by atoms with Crippen LogP contribution in [0.25, 0.3) is 0 Å². The van der Waals surface area contributed by atoms with E-state index in [0.29, 0.717) is 75.4 Å². The van der Waals surface area contributed by atoms with E-state index in [0.717, 1.165) is 17.9 Å². The smallest absolute Gasteiger partial charge is 0.251 e. The average Bonchev–Trinajstić information content (AvgIpc) is 3.04. The number of methoxy groups -OCH3 is 1. The first-order chi connectivity index (χ1) is 20.7. The number of aromatic nitrogens is 3. The second-order valence-corrected chi connectivity index (χ2v) is 10.2. The number of amides is 1. The zero-order valence-corrected chi connectivity index (χ0v) is 24.4. The van der Waals surface area contributed by atoms with Crippen molar-refractivity contribution in [2.24, 2.45) is 5.92 Å². The Morgan fingerprint density at radius 2 is 1.48 bits per heavy atom. The molecule has 1 aliphatic rings. The number of hydrogen-bond acceptors (Lipinski definition) is 10. The first-order valence-corrected chi connectivity index (χ1v) is 14.8. The minimum Gasteiger partial charge on any atom is -0.497 e. The Labute approximate surface area is 248 Å². The van der Waals surface area contributed by atoms with Gasteiger partial charge in [-0.1, -0.05) is 49.6 Å². The van der Waals surface area contributed by atoms with Crippen molar-refractivity contribution in [1.82, 2.24) is 20.3 Å². The quantitative estimate of drug-likeness (QED) is 0.162. The Kier molecular flexibility index (Phi) is 13.1. The van der Waals surface area contributed by atoms with Crippen molar-refractivity contribution < 1.29 is 19.0 Å². The summed E-state index contributed by atoms with van der Waals surface area (Å²) in [6.45, 7) is 4.19. The monoisotopic (exact) mass is 577 g/mol. The van der Waals surface area contributed by atoms with Crippen molar-refractivity contribution in [2.45, 2.75) is 38.6 Å². The van der Waals surface area contributed by atoms with Crippen molar-refractivity contribution >= 4 is 23.8 Å². The number of anilines is 3. The average molecular weight is 578 g/mol. The molecule has 11 heteroatoms. The van der Waals surface area contributed by atoms with Gasteiger partial charge in [0.15, 0.2) is 0 Å². The Hall–Kier alpha value is -3.96. The summed E-state index contributed by atoms with van der Waals surface area (Å²) in [6.07, 6.45) is 6.40. The molecule has 1 aromatic heterocycles. The molecule has 0 aliphatic heterocycles. The van der Waals surface area contributed by atoms with Gasteiger partial charge >= 0.3 is 0 Å². The molecule has 3 aromatic rings. The second-order valence-electron chi connectivity index (χ2n) is 10.2. The van der Waals surface area contributed by atoms with E-state index in [4.69, 9.17) is 14.2 Å². The van der Waals surface area contributed by atoms with Crippen LogP contribution in [0.5, 0.6) is 5.75 Å². The summed E-state index contributed by atoms with van der Waals surface area (Å²) in [6, 6.07) is 17.0. The van der Waals surface area contributed by atoms with Crippen LogP contribution in [0.15, 0.2) is 54.6 Å². The molecular weight excluding hydrogens is 534 g/mol. The molecule has 1 aliphatic carbocycles. The van der Waals surface area contributed by atoms with Crippen molar-refractivity contribution in [3.63, 3.8) is 0 Å². The van der Waals surface area contributed by atoms with Gasteiger partial charge in [-0.3, -0.25) is 4.79 Å². The van der Waals surface area contributed by atoms with E-state index in [1.807, 2.05) is 42.5 Å². The summed E-state index contributed by atoms with van der Waals surface area (Å²) >= 11 is 0. The predicted octanol–water partition coefficient (Wildman–Crippen LogP) is 4.36. The van der Waals surface area contributed by atoms with Crippen LogP contribution >= 0.6 is 0 Å². The molecule has 0 spiro atoms. The van der Waals surface area contributed by atoms with Crippen molar-refractivity contribution in [3.8, 4) is 5.75 Å². The maximum Gasteiger partial charge on any atom is 0.251 e. The highest BCUT2D eigenvalue weighted by atomic mass is 16.5. The lowest BCUT2D eigenvalue weighted by atomic mass is 9.89. The fourth-order valence-electron chi connectivity index (χ4n) is 4.69. The van der Waals surface area contributed by atoms with Crippen molar-refractivity contribution in [1.29, 1.82) is 0 Å². The third kappa shape index (κ3) is 11.1. The summed E-state index contributed by atoms with van der Waals surface area (Å²) in [5.74, 6) is 2.89. The Morgan fingerprint density at radius 1 is 0.786 bits per heavy atom. The predicted molar refractivity (Wildman–Crippen MR) is 164 cm³/mol. The third-order valence-corrected chi connectivity index (χ3v) is 6.96. The molecule has 0 radical (unpaired) electrons. The van der Waals surface area contributed by atoms with E-state index < -0.39 is 0 Å². The lowest BCUT2D eigenvalue weighted by Gasteiger charge is -2.21. The van der Waals surface area contributed by atoms with Gasteiger partial charge < -0.3 is 35.5 Å². The van der Waals surface area contributed by atoms with E-state index in [1.165, 1.54) is 32.1 Å². The Balaban J connectivity index is 1.17. The van der Waals surface area contributed by atoms with Crippen LogP contribution in [0.2, 0.25) is 0 Å². The highest BCUT2D eigenvalue weighted by Crippen LogP contribution is 2.24. The molecule has 0 unspecified atom stereocenters. The van der Waals surface area contributed by atoms with Gasteiger partial charge in [-0.15, -0.1) is 0 Å². The van der Waals surface area contributed by atoms with E-state index in [1.54, 1.807) is 19.2 Å². The molecule has 1 saturated carbocycles. The van der Waals surface area contributed by atoms with Gasteiger partial charge in [0.25, 0.3) is 5.91 Å². The largest absolute Gasteiger partial charge is 0.497 e. The normalized spacial score (nSPS) is 13.4. The van der Waals surface area contributed by atoms with Crippen LogP contribution in [-0.2, 0) is 16.0 Å². The molecule has 1 amide bonds. The molecule has 11 nitrogen and oxygen atoms in total. The first kappa shape index (κ1) is 31.0. The fraction of sp³-hybridized carbons (Fsp3) is 0.484. The highest BCUT2D eigenvalue weighted by Gasteiger charge is 2.14. The van der Waals surface area contributed by atoms with Crippen LogP contribution in [0, 0.1) is 5.92 Å². The molecule has 0 saturated heterocycles. The van der Waals surface area contributed by atoms with Crippen LogP contribution in [-0.4, -0.2) is 74.0 Å². The summed E-state index contributed by atoms with van der Waals surface area (Å²) < 4.78 is 16.6. The van der Waals surface area contributed by atoms with E-state index in [2.05, 4.69) is 36.2 Å². The van der Waals surface area contributed by atoms with Gasteiger partial charge in [-0.25, -0.2) is 0 Å². The van der Waals surface area contributed by atoms with Crippen LogP contribution in [0.4, 0.5) is 17.8 Å². The number of hydrogen-bond donors (Lipinski definition) is 4. The van der Waals surface area contributed by atoms with Crippen molar-refractivity contribution in [3.05, 3.63) is 65.7 Å². The highest BCUT2D eigenvalue weighted by molar-refractivity contribution is 5.94. The molecule has 226 valence electrons. The lowest BCUT2D eigenvalue weighted by molar-refractivity contribution is 0.0519. The minimum atomic E-state index is -0.106. The molecule has 1 fully saturated rings. The topological polar surface area (TPSA) is 132 Å². The fourth-order valence-corrected chi connectivity index (χ4v) is 4.69. The summed E-state index contributed by atoms with van der Waals surface area (Å²) in [4.78, 5) is 25.8. The van der Waals surface area contributed by atoms with Gasteiger partial charge in [0.05, 0.1) is 33.5 Å². The number of carbonyl (C=O) groups excluding carboxylic acids is 1. The van der Waals surface area contributed by atoms with Gasteiger partial charge in [0.2, 0.25) is 17.8 Å². The van der Waals surface area contributed by atoms with E-state index >= 15 is 0 Å². The molecule has 42 heavy (non-hydrogen) atoms. The second kappa shape index (κ2) is 17.8. The maximum absolute atomic E-state index is 12.0. The maximum atomic E-state index is 12.0. The van der Waals surface area contributed by atoms with Gasteiger partial charge in [-0.05, 0) is 48.6 Å². The molecule has 4 rings (SSSR count). The van der Waals surface area contributed by atoms with Crippen LogP contribution in [0.1, 0.15) is 48.0 Å². The number of ether oxygens (including phenoxy) is 3. The Bertz CT molecular complexity index is 1210. The zero-order chi connectivity index (χ0) is 29.2. The number of benzene rings is 2. The molecule has 2 aromatic carbocycles. The Morgan fingerprint density at radius 3 is 2.21 bits per heavy atom. The molecule has 4 N–H and O–H groups in total. The number of nitrogens with one attached hydrogen (secondary N) is 4. The minimum absolute atomic E-state index is 0.106. The van der Waals surface area contributed by atoms with E-state index in [9.17, 15) is 4.79 Å². The summed E-state index contributed by atoms with van der Waals surface area (Å²) in [7, 11) is 1.66. The number of carbonyl (C=O) groups is 1. The zero-order valence-electron chi connectivity index (χ0n) is 24.4. The number of rotatable bonds is 18. The lowest BCUT2D eigenvalue weighted by Crippen LogP contribution is -2.27. The SMILES string of the molecule is COc1cccc(CNc2nc(NCCOCCOCCNC(=O)c3ccccc3)nc(NCC3CCCCC3)n2)c1. The number of nitrogens with zero attached hydrogens (tertiary/aromatic N) is 3. The summed E-state index contributed by atoms with van der Waals surface area (Å²) in [5, 5.41) is 12.8. The molecule has 1 heterocycles.